The summed E-state index contributed by atoms with van der Waals surface area (Å²) in [7, 11) is 0. The number of anilines is 1. The van der Waals surface area contributed by atoms with Crippen molar-refractivity contribution in [2.24, 2.45) is 0 Å². The van der Waals surface area contributed by atoms with Crippen LogP contribution in [-0.2, 0) is 11.2 Å². The zero-order valence-electron chi connectivity index (χ0n) is 13.2. The Balaban J connectivity index is 2.12. The highest BCUT2D eigenvalue weighted by atomic mass is 16.5. The molecule has 1 aromatic carbocycles. The second-order valence-corrected chi connectivity index (χ2v) is 5.07. The van der Waals surface area contributed by atoms with Crippen LogP contribution < -0.4 is 10.6 Å². The normalized spacial score (nSPS) is 10.2. The van der Waals surface area contributed by atoms with E-state index in [1.165, 1.54) is 0 Å². The zero-order chi connectivity index (χ0) is 16.8. The Hall–Kier alpha value is -2.89. The van der Waals surface area contributed by atoms with Gasteiger partial charge in [0.1, 0.15) is 5.76 Å². The molecule has 0 saturated carbocycles. The minimum Gasteiger partial charge on any atom is -0.361 e. The van der Waals surface area contributed by atoms with E-state index in [0.29, 0.717) is 29.2 Å². The average molecular weight is 313 g/mol. The fourth-order valence-corrected chi connectivity index (χ4v) is 2.16. The smallest absolute Gasteiger partial charge is 0.253 e. The maximum Gasteiger partial charge on any atom is 0.253 e. The van der Waals surface area contributed by atoms with Gasteiger partial charge in [0, 0.05) is 12.1 Å². The number of aromatic nitrogens is 1. The van der Waals surface area contributed by atoms with Crippen LogP contribution in [0.15, 0.2) is 41.4 Å². The van der Waals surface area contributed by atoms with E-state index < -0.39 is 0 Å². The number of nitrogens with zero attached hydrogens (tertiary/aromatic N) is 1. The Morgan fingerprint density at radius 1 is 1.30 bits per heavy atom. The second-order valence-electron chi connectivity index (χ2n) is 5.07. The summed E-state index contributed by atoms with van der Waals surface area (Å²) in [5.41, 5.74) is 2.32. The van der Waals surface area contributed by atoms with Crippen molar-refractivity contribution < 1.29 is 14.1 Å². The molecule has 0 fully saturated rings. The number of nitrogens with one attached hydrogen (secondary N) is 2. The summed E-state index contributed by atoms with van der Waals surface area (Å²) in [6, 6.07) is 6.85. The molecule has 0 aliphatic heterocycles. The van der Waals surface area contributed by atoms with Crippen molar-refractivity contribution in [3.05, 3.63) is 59.5 Å². The number of aryl methyl sites for hydroxylation is 2. The molecule has 0 radical (unpaired) electrons. The van der Waals surface area contributed by atoms with Gasteiger partial charge < -0.3 is 15.2 Å². The standard InChI is InChI=1S/C17H19N3O3/c1-4-9-18-17(22)13-7-5-6-8-15(13)19-16(21)10-14-11(2)20-23-12(14)3/h4-8H,1,9-10H2,2-3H3,(H,18,22)(H,19,21). The third kappa shape index (κ3) is 4.06. The quantitative estimate of drug-likeness (QED) is 0.802. The number of hydrogen-bond donors (Lipinski definition) is 2. The summed E-state index contributed by atoms with van der Waals surface area (Å²) in [6.45, 7) is 7.47. The molecule has 0 aliphatic carbocycles. The van der Waals surface area contributed by atoms with Crippen LogP contribution >= 0.6 is 0 Å². The number of carbonyl (C=O) groups excluding carboxylic acids is 2. The zero-order valence-corrected chi connectivity index (χ0v) is 13.2. The van der Waals surface area contributed by atoms with E-state index in [9.17, 15) is 9.59 Å². The maximum atomic E-state index is 12.2. The number of carbonyl (C=O) groups is 2. The molecule has 0 aliphatic rings. The molecular weight excluding hydrogens is 294 g/mol. The summed E-state index contributed by atoms with van der Waals surface area (Å²) in [4.78, 5) is 24.3. The lowest BCUT2D eigenvalue weighted by Crippen LogP contribution is -2.25. The van der Waals surface area contributed by atoms with E-state index in [1.54, 1.807) is 44.2 Å². The van der Waals surface area contributed by atoms with Crippen molar-refractivity contribution in [2.75, 3.05) is 11.9 Å². The molecule has 0 spiro atoms. The summed E-state index contributed by atoms with van der Waals surface area (Å²) >= 11 is 0. The molecule has 6 heteroatoms. The Morgan fingerprint density at radius 2 is 2.04 bits per heavy atom. The molecule has 0 atom stereocenters. The van der Waals surface area contributed by atoms with Crippen LogP contribution in [0, 0.1) is 13.8 Å². The van der Waals surface area contributed by atoms with Gasteiger partial charge in [-0.1, -0.05) is 23.4 Å². The molecule has 2 N–H and O–H groups in total. The molecule has 6 nitrogen and oxygen atoms in total. The van der Waals surface area contributed by atoms with Gasteiger partial charge in [0.15, 0.2) is 0 Å². The van der Waals surface area contributed by atoms with Crippen LogP contribution in [0.2, 0.25) is 0 Å². The summed E-state index contributed by atoms with van der Waals surface area (Å²) < 4.78 is 5.05. The topological polar surface area (TPSA) is 84.2 Å². The van der Waals surface area contributed by atoms with Gasteiger partial charge in [0.05, 0.1) is 23.4 Å². The van der Waals surface area contributed by atoms with Gasteiger partial charge in [0.2, 0.25) is 5.91 Å². The predicted octanol–water partition coefficient (Wildman–Crippen LogP) is 2.39. The lowest BCUT2D eigenvalue weighted by molar-refractivity contribution is -0.115. The Kier molecular flexibility index (Phi) is 5.30. The molecule has 0 unspecified atom stereocenters. The van der Waals surface area contributed by atoms with Crippen LogP contribution in [0.3, 0.4) is 0 Å². The minimum atomic E-state index is -0.266. The largest absolute Gasteiger partial charge is 0.361 e. The fourth-order valence-electron chi connectivity index (χ4n) is 2.16. The predicted molar refractivity (Wildman–Crippen MR) is 87.3 cm³/mol. The third-order valence-corrected chi connectivity index (χ3v) is 3.37. The van der Waals surface area contributed by atoms with E-state index in [4.69, 9.17) is 4.52 Å². The van der Waals surface area contributed by atoms with Crippen molar-refractivity contribution >= 4 is 17.5 Å². The molecule has 1 heterocycles. The summed E-state index contributed by atoms with van der Waals surface area (Å²) in [6.07, 6.45) is 1.74. The van der Waals surface area contributed by atoms with Crippen molar-refractivity contribution in [1.82, 2.24) is 10.5 Å². The monoisotopic (exact) mass is 313 g/mol. The third-order valence-electron chi connectivity index (χ3n) is 3.37. The number of hydrogen-bond acceptors (Lipinski definition) is 4. The van der Waals surface area contributed by atoms with E-state index in [2.05, 4.69) is 22.4 Å². The molecular formula is C17H19N3O3. The van der Waals surface area contributed by atoms with E-state index >= 15 is 0 Å². The van der Waals surface area contributed by atoms with E-state index in [1.807, 2.05) is 0 Å². The average Bonchev–Trinajstić information content (AvgIpc) is 2.85. The van der Waals surface area contributed by atoms with Crippen LogP contribution in [0.4, 0.5) is 5.69 Å². The highest BCUT2D eigenvalue weighted by Crippen LogP contribution is 2.17. The molecule has 23 heavy (non-hydrogen) atoms. The van der Waals surface area contributed by atoms with Crippen molar-refractivity contribution in [1.29, 1.82) is 0 Å². The van der Waals surface area contributed by atoms with Crippen LogP contribution in [0.5, 0.6) is 0 Å². The molecule has 2 aromatic rings. The van der Waals surface area contributed by atoms with Gasteiger partial charge in [-0.05, 0) is 26.0 Å². The number of amides is 2. The SMILES string of the molecule is C=CCNC(=O)c1ccccc1NC(=O)Cc1c(C)noc1C. The Bertz CT molecular complexity index is 715. The van der Waals surface area contributed by atoms with Gasteiger partial charge in [-0.25, -0.2) is 0 Å². The van der Waals surface area contributed by atoms with Gasteiger partial charge in [-0.3, -0.25) is 9.59 Å². The maximum absolute atomic E-state index is 12.2. The molecule has 0 bridgehead atoms. The second kappa shape index (κ2) is 7.40. The summed E-state index contributed by atoms with van der Waals surface area (Å²) in [5, 5.41) is 9.29. The molecule has 2 amide bonds. The molecule has 2 rings (SSSR count). The number of benzene rings is 1. The van der Waals surface area contributed by atoms with Crippen LogP contribution in [-0.4, -0.2) is 23.5 Å². The number of para-hydroxylation sites is 1. The van der Waals surface area contributed by atoms with E-state index in [0.717, 1.165) is 5.56 Å². The Morgan fingerprint density at radius 3 is 2.70 bits per heavy atom. The first-order valence-corrected chi connectivity index (χ1v) is 7.22. The van der Waals surface area contributed by atoms with Gasteiger partial charge in [-0.2, -0.15) is 0 Å². The van der Waals surface area contributed by atoms with Gasteiger partial charge in [0.25, 0.3) is 5.91 Å². The van der Waals surface area contributed by atoms with Crippen molar-refractivity contribution in [3.8, 4) is 0 Å². The fraction of sp³-hybridized carbons (Fsp3) is 0.235. The minimum absolute atomic E-state index is 0.143. The lowest BCUT2D eigenvalue weighted by Gasteiger charge is -2.10. The highest BCUT2D eigenvalue weighted by Gasteiger charge is 2.16. The van der Waals surface area contributed by atoms with Crippen LogP contribution in [0.1, 0.15) is 27.4 Å². The molecule has 120 valence electrons. The highest BCUT2D eigenvalue weighted by molar-refractivity contribution is 6.04. The first-order valence-electron chi connectivity index (χ1n) is 7.22. The van der Waals surface area contributed by atoms with Crippen LogP contribution in [0.25, 0.3) is 0 Å². The number of rotatable bonds is 6. The Labute approximate surface area is 134 Å². The van der Waals surface area contributed by atoms with Gasteiger partial charge in [-0.15, -0.1) is 6.58 Å². The first kappa shape index (κ1) is 16.5. The van der Waals surface area contributed by atoms with Gasteiger partial charge >= 0.3 is 0 Å². The molecule has 0 saturated heterocycles. The van der Waals surface area contributed by atoms with Crippen molar-refractivity contribution in [2.45, 2.75) is 20.3 Å². The lowest BCUT2D eigenvalue weighted by atomic mass is 10.1. The first-order chi connectivity index (χ1) is 11.0. The molecule has 1 aromatic heterocycles. The van der Waals surface area contributed by atoms with E-state index in [-0.39, 0.29) is 18.2 Å². The summed E-state index contributed by atoms with van der Waals surface area (Å²) in [5.74, 6) is 0.121. The van der Waals surface area contributed by atoms with Crippen molar-refractivity contribution in [3.63, 3.8) is 0 Å².